The van der Waals surface area contributed by atoms with Gasteiger partial charge in [-0.05, 0) is 41.6 Å². The first kappa shape index (κ1) is 23.3. The maximum Gasteiger partial charge on any atom is 0.341 e. The van der Waals surface area contributed by atoms with Gasteiger partial charge >= 0.3 is 11.9 Å². The minimum Gasteiger partial charge on any atom is -0.482 e. The van der Waals surface area contributed by atoms with Crippen molar-refractivity contribution in [3.05, 3.63) is 75.5 Å². The minimum absolute atomic E-state index is 0.313. The van der Waals surface area contributed by atoms with Crippen LogP contribution in [0.25, 0.3) is 6.08 Å². The van der Waals surface area contributed by atoms with E-state index in [1.165, 1.54) is 11.3 Å². The van der Waals surface area contributed by atoms with Gasteiger partial charge in [0, 0.05) is 29.8 Å². The molecule has 0 saturated carbocycles. The van der Waals surface area contributed by atoms with Crippen LogP contribution in [0.5, 0.6) is 5.75 Å². The van der Waals surface area contributed by atoms with Gasteiger partial charge in [0.25, 0.3) is 0 Å². The molecule has 1 aromatic carbocycles. The molecular weight excluding hydrogens is 428 g/mol. The number of hydrogen-bond acceptors (Lipinski definition) is 5. The first-order valence-corrected chi connectivity index (χ1v) is 11.3. The SMILES string of the molecule is CCCCc1ncc(/C=C(\Cc2cccs2)C(=O)O)n1Cc1ccc(OCC(=O)O)cc1. The normalized spacial score (nSPS) is 11.5. The van der Waals surface area contributed by atoms with Crippen LogP contribution in [-0.4, -0.2) is 38.3 Å². The Hall–Kier alpha value is -3.39. The Kier molecular flexibility index (Phi) is 8.21. The van der Waals surface area contributed by atoms with E-state index in [1.54, 1.807) is 24.4 Å². The molecule has 0 aliphatic heterocycles. The first-order chi connectivity index (χ1) is 15.5. The lowest BCUT2D eigenvalue weighted by atomic mass is 10.1. The quantitative estimate of drug-likeness (QED) is 0.391. The Labute approximate surface area is 190 Å². The zero-order valence-corrected chi connectivity index (χ0v) is 18.7. The molecule has 0 fully saturated rings. The fraction of sp³-hybridized carbons (Fsp3) is 0.292. The number of thiophene rings is 1. The Morgan fingerprint density at radius 2 is 1.97 bits per heavy atom. The first-order valence-electron chi connectivity index (χ1n) is 10.4. The second kappa shape index (κ2) is 11.3. The van der Waals surface area contributed by atoms with E-state index in [-0.39, 0.29) is 6.61 Å². The molecule has 2 N–H and O–H groups in total. The second-order valence-electron chi connectivity index (χ2n) is 7.35. The molecule has 0 aliphatic carbocycles. The van der Waals surface area contributed by atoms with Crippen LogP contribution in [0.4, 0.5) is 0 Å². The highest BCUT2D eigenvalue weighted by molar-refractivity contribution is 7.09. The van der Waals surface area contributed by atoms with Crippen molar-refractivity contribution >= 4 is 29.4 Å². The summed E-state index contributed by atoms with van der Waals surface area (Å²) in [6.45, 7) is 2.25. The van der Waals surface area contributed by atoms with Gasteiger partial charge in [-0.2, -0.15) is 0 Å². The Morgan fingerprint density at radius 3 is 2.59 bits per heavy atom. The molecule has 0 aliphatic rings. The molecule has 0 bridgehead atoms. The number of aryl methyl sites for hydroxylation is 1. The van der Waals surface area contributed by atoms with Crippen molar-refractivity contribution in [2.45, 2.75) is 39.2 Å². The number of aromatic nitrogens is 2. The van der Waals surface area contributed by atoms with E-state index in [2.05, 4.69) is 11.9 Å². The average molecular weight is 455 g/mol. The van der Waals surface area contributed by atoms with Gasteiger partial charge in [0.2, 0.25) is 0 Å². The van der Waals surface area contributed by atoms with Crippen molar-refractivity contribution in [1.29, 1.82) is 0 Å². The molecule has 2 aromatic heterocycles. The number of ether oxygens (including phenoxy) is 1. The number of unbranched alkanes of at least 4 members (excludes halogenated alkanes) is 1. The summed E-state index contributed by atoms with van der Waals surface area (Å²) in [6, 6.07) is 11.1. The van der Waals surface area contributed by atoms with Crippen LogP contribution in [0.3, 0.4) is 0 Å². The van der Waals surface area contributed by atoms with Crippen molar-refractivity contribution in [3.8, 4) is 5.75 Å². The summed E-state index contributed by atoms with van der Waals surface area (Å²) in [4.78, 5) is 28.1. The smallest absolute Gasteiger partial charge is 0.341 e. The number of aliphatic carboxylic acids is 2. The number of imidazole rings is 1. The molecule has 0 spiro atoms. The number of rotatable bonds is 12. The number of hydrogen-bond donors (Lipinski definition) is 2. The zero-order chi connectivity index (χ0) is 22.9. The molecule has 8 heteroatoms. The summed E-state index contributed by atoms with van der Waals surface area (Å²) in [5.41, 5.74) is 2.04. The van der Waals surface area contributed by atoms with Crippen molar-refractivity contribution in [3.63, 3.8) is 0 Å². The highest BCUT2D eigenvalue weighted by atomic mass is 32.1. The lowest BCUT2D eigenvalue weighted by molar-refractivity contribution is -0.139. The van der Waals surface area contributed by atoms with Gasteiger partial charge in [-0.15, -0.1) is 11.3 Å². The summed E-state index contributed by atoms with van der Waals surface area (Å²) in [7, 11) is 0. The lowest BCUT2D eigenvalue weighted by Gasteiger charge is -2.12. The Bertz CT molecular complexity index is 1070. The molecule has 32 heavy (non-hydrogen) atoms. The highest BCUT2D eigenvalue weighted by Crippen LogP contribution is 2.20. The third-order valence-electron chi connectivity index (χ3n) is 4.89. The number of carboxylic acid groups (broad SMARTS) is 2. The number of benzene rings is 1. The molecule has 168 valence electrons. The van der Waals surface area contributed by atoms with Gasteiger partial charge in [0.1, 0.15) is 11.6 Å². The van der Waals surface area contributed by atoms with Crippen molar-refractivity contribution in [2.24, 2.45) is 0 Å². The monoisotopic (exact) mass is 454 g/mol. The molecule has 2 heterocycles. The molecule has 0 saturated heterocycles. The molecule has 0 amide bonds. The fourth-order valence-corrected chi connectivity index (χ4v) is 3.98. The minimum atomic E-state index is -1.03. The van der Waals surface area contributed by atoms with Crippen LogP contribution >= 0.6 is 11.3 Å². The molecule has 0 atom stereocenters. The van der Waals surface area contributed by atoms with Crippen LogP contribution in [0.2, 0.25) is 0 Å². The summed E-state index contributed by atoms with van der Waals surface area (Å²) in [5.74, 6) is -0.579. The molecule has 0 radical (unpaired) electrons. The van der Waals surface area contributed by atoms with Crippen LogP contribution in [-0.2, 0) is 29.0 Å². The summed E-state index contributed by atoms with van der Waals surface area (Å²) in [5, 5.41) is 20.4. The molecule has 7 nitrogen and oxygen atoms in total. The second-order valence-corrected chi connectivity index (χ2v) is 8.38. The third kappa shape index (κ3) is 6.55. The van der Waals surface area contributed by atoms with E-state index in [1.807, 2.05) is 34.2 Å². The molecule has 3 rings (SSSR count). The topological polar surface area (TPSA) is 102 Å². The lowest BCUT2D eigenvalue weighted by Crippen LogP contribution is -2.10. The summed E-state index contributed by atoms with van der Waals surface area (Å²) in [6.07, 6.45) is 6.62. The third-order valence-corrected chi connectivity index (χ3v) is 5.77. The number of nitrogens with zero attached hydrogens (tertiary/aromatic N) is 2. The maximum absolute atomic E-state index is 11.9. The largest absolute Gasteiger partial charge is 0.482 e. The maximum atomic E-state index is 11.9. The van der Waals surface area contributed by atoms with Crippen molar-refractivity contribution in [2.75, 3.05) is 6.61 Å². The van der Waals surface area contributed by atoms with Gasteiger partial charge in [-0.1, -0.05) is 31.5 Å². The molecule has 3 aromatic rings. The van der Waals surface area contributed by atoms with Gasteiger partial charge in [-0.25, -0.2) is 14.6 Å². The van der Waals surface area contributed by atoms with Crippen LogP contribution in [0.15, 0.2) is 53.5 Å². The number of carbonyl (C=O) groups is 2. The Balaban J connectivity index is 1.87. The van der Waals surface area contributed by atoms with E-state index >= 15 is 0 Å². The van der Waals surface area contributed by atoms with Crippen molar-refractivity contribution in [1.82, 2.24) is 9.55 Å². The predicted molar refractivity (Wildman–Crippen MR) is 123 cm³/mol. The van der Waals surface area contributed by atoms with Crippen LogP contribution in [0, 0.1) is 0 Å². The average Bonchev–Trinajstić information content (AvgIpc) is 3.41. The summed E-state index contributed by atoms with van der Waals surface area (Å²) < 4.78 is 7.24. The van der Waals surface area contributed by atoms with E-state index in [9.17, 15) is 14.7 Å². The van der Waals surface area contributed by atoms with Gasteiger partial charge in [-0.3, -0.25) is 0 Å². The predicted octanol–water partition coefficient (Wildman–Crippen LogP) is 4.51. The van der Waals surface area contributed by atoms with E-state index in [0.717, 1.165) is 41.2 Å². The van der Waals surface area contributed by atoms with E-state index in [4.69, 9.17) is 9.84 Å². The fourth-order valence-electron chi connectivity index (χ4n) is 3.25. The van der Waals surface area contributed by atoms with Crippen molar-refractivity contribution < 1.29 is 24.5 Å². The van der Waals surface area contributed by atoms with Gasteiger partial charge < -0.3 is 19.5 Å². The molecule has 0 unspecified atom stereocenters. The van der Waals surface area contributed by atoms with Crippen LogP contribution in [0.1, 0.15) is 41.7 Å². The van der Waals surface area contributed by atoms with Gasteiger partial charge in [0.05, 0.1) is 11.9 Å². The summed E-state index contributed by atoms with van der Waals surface area (Å²) >= 11 is 1.53. The Morgan fingerprint density at radius 1 is 1.19 bits per heavy atom. The highest BCUT2D eigenvalue weighted by Gasteiger charge is 2.14. The van der Waals surface area contributed by atoms with Crippen LogP contribution < -0.4 is 4.74 Å². The molecular formula is C24H26N2O5S. The van der Waals surface area contributed by atoms with E-state index in [0.29, 0.717) is 24.3 Å². The van der Waals surface area contributed by atoms with Gasteiger partial charge in [0.15, 0.2) is 6.61 Å². The standard InChI is InChI=1S/C24H26N2O5S/c1-2-3-6-22-25-14-19(12-18(24(29)30)13-21-5-4-11-32-21)26(22)15-17-7-9-20(10-8-17)31-16-23(27)28/h4-5,7-12,14H,2-3,6,13,15-16H2,1H3,(H,27,28)(H,29,30)/b18-12+. The zero-order valence-electron chi connectivity index (χ0n) is 17.9. The number of carboxylic acids is 2. The van der Waals surface area contributed by atoms with E-state index < -0.39 is 11.9 Å².